The quantitative estimate of drug-likeness (QED) is 0.375. The second-order valence-corrected chi connectivity index (χ2v) is 11.0. The molecule has 1 aliphatic rings. The standard InChI is InChI=1S/C24H18ClFN2O2S2/c1-14-20-12-17(25)6-8-22(20)31-24(14)32(29,30)28-19-4-2-3-16(11-19)23-21-13-18(26)7-5-15(21)9-10-27-23/h2-8,11-13,28H,9-10H2,1H3. The zero-order chi connectivity index (χ0) is 22.5. The second kappa shape index (κ2) is 7.99. The van der Waals surface area contributed by atoms with Gasteiger partial charge in [0, 0.05) is 33.1 Å². The van der Waals surface area contributed by atoms with Gasteiger partial charge in [-0.05, 0) is 72.3 Å². The number of benzene rings is 3. The summed E-state index contributed by atoms with van der Waals surface area (Å²) < 4.78 is 44.1. The first-order valence-electron chi connectivity index (χ1n) is 9.97. The minimum absolute atomic E-state index is 0.252. The van der Waals surface area contributed by atoms with E-state index in [0.717, 1.165) is 33.2 Å². The van der Waals surface area contributed by atoms with Crippen LogP contribution < -0.4 is 4.72 Å². The predicted molar refractivity (Wildman–Crippen MR) is 129 cm³/mol. The topological polar surface area (TPSA) is 58.5 Å². The molecule has 5 rings (SSSR count). The number of anilines is 1. The molecule has 0 saturated heterocycles. The lowest BCUT2D eigenvalue weighted by Crippen LogP contribution is -2.16. The zero-order valence-corrected chi connectivity index (χ0v) is 19.4. The molecule has 1 aromatic heterocycles. The number of aliphatic imine (C=N–C) groups is 1. The molecule has 0 atom stereocenters. The van der Waals surface area contributed by atoms with E-state index in [9.17, 15) is 12.8 Å². The summed E-state index contributed by atoms with van der Waals surface area (Å²) in [6.07, 6.45) is 0.751. The summed E-state index contributed by atoms with van der Waals surface area (Å²) in [4.78, 5) is 4.59. The van der Waals surface area contributed by atoms with Crippen molar-refractivity contribution in [2.45, 2.75) is 17.6 Å². The van der Waals surface area contributed by atoms with Gasteiger partial charge in [-0.25, -0.2) is 12.8 Å². The zero-order valence-electron chi connectivity index (χ0n) is 17.0. The number of hydrogen-bond acceptors (Lipinski definition) is 4. The largest absolute Gasteiger partial charge is 0.284 e. The fourth-order valence-corrected chi connectivity index (χ4v) is 6.93. The minimum Gasteiger partial charge on any atom is -0.284 e. The summed E-state index contributed by atoms with van der Waals surface area (Å²) in [5.74, 6) is -0.324. The van der Waals surface area contributed by atoms with Crippen LogP contribution in [0.25, 0.3) is 10.1 Å². The first kappa shape index (κ1) is 21.1. The van der Waals surface area contributed by atoms with Gasteiger partial charge < -0.3 is 0 Å². The smallest absolute Gasteiger partial charge is 0.271 e. The Bertz CT molecular complexity index is 1510. The van der Waals surface area contributed by atoms with Crippen LogP contribution in [0.2, 0.25) is 5.02 Å². The van der Waals surface area contributed by atoms with E-state index in [1.165, 1.54) is 23.5 Å². The van der Waals surface area contributed by atoms with Crippen LogP contribution in [0.4, 0.5) is 10.1 Å². The Hall–Kier alpha value is -2.74. The van der Waals surface area contributed by atoms with Crippen LogP contribution in [-0.4, -0.2) is 20.7 Å². The summed E-state index contributed by atoms with van der Waals surface area (Å²) in [6, 6.07) is 17.1. The van der Waals surface area contributed by atoms with E-state index in [1.807, 2.05) is 12.1 Å². The Morgan fingerprint density at radius 3 is 2.78 bits per heavy atom. The minimum atomic E-state index is -3.81. The molecule has 32 heavy (non-hydrogen) atoms. The van der Waals surface area contributed by atoms with E-state index in [1.54, 1.807) is 43.3 Å². The monoisotopic (exact) mass is 484 g/mol. The molecule has 1 N–H and O–H groups in total. The van der Waals surface area contributed by atoms with E-state index in [0.29, 0.717) is 28.5 Å². The second-order valence-electron chi connectivity index (χ2n) is 7.62. The van der Waals surface area contributed by atoms with Crippen LogP contribution in [0.15, 0.2) is 69.9 Å². The molecule has 0 radical (unpaired) electrons. The average molecular weight is 485 g/mol. The first-order chi connectivity index (χ1) is 15.3. The Morgan fingerprint density at radius 1 is 1.09 bits per heavy atom. The molecule has 0 saturated carbocycles. The molecule has 4 aromatic rings. The van der Waals surface area contributed by atoms with Crippen molar-refractivity contribution in [3.63, 3.8) is 0 Å². The van der Waals surface area contributed by atoms with E-state index in [2.05, 4.69) is 9.71 Å². The summed E-state index contributed by atoms with van der Waals surface area (Å²) >= 11 is 7.29. The summed E-state index contributed by atoms with van der Waals surface area (Å²) in [5.41, 5.74) is 4.26. The molecule has 0 bridgehead atoms. The lowest BCUT2D eigenvalue weighted by molar-refractivity contribution is 0.603. The number of fused-ring (bicyclic) bond motifs is 2. The van der Waals surface area contributed by atoms with Crippen molar-refractivity contribution in [2.24, 2.45) is 4.99 Å². The van der Waals surface area contributed by atoms with E-state index < -0.39 is 10.0 Å². The number of rotatable bonds is 4. The number of hydrogen-bond donors (Lipinski definition) is 1. The van der Waals surface area contributed by atoms with Gasteiger partial charge >= 0.3 is 0 Å². The van der Waals surface area contributed by atoms with Crippen LogP contribution in [0.1, 0.15) is 22.3 Å². The number of halogens is 2. The average Bonchev–Trinajstić information content (AvgIpc) is 3.10. The summed E-state index contributed by atoms with van der Waals surface area (Å²) in [7, 11) is -3.81. The van der Waals surface area contributed by atoms with Crippen molar-refractivity contribution < 1.29 is 12.8 Å². The molecule has 4 nitrogen and oxygen atoms in total. The number of sulfonamides is 1. The molecular weight excluding hydrogens is 467 g/mol. The molecule has 0 unspecified atom stereocenters. The molecule has 2 heterocycles. The fourth-order valence-electron chi connectivity index (χ4n) is 3.97. The van der Waals surface area contributed by atoms with Crippen LogP contribution in [0.5, 0.6) is 0 Å². The lowest BCUT2D eigenvalue weighted by Gasteiger charge is -2.18. The van der Waals surface area contributed by atoms with Crippen molar-refractivity contribution in [1.29, 1.82) is 0 Å². The highest BCUT2D eigenvalue weighted by Crippen LogP contribution is 2.36. The third-order valence-electron chi connectivity index (χ3n) is 5.46. The first-order valence-corrected chi connectivity index (χ1v) is 12.6. The van der Waals surface area contributed by atoms with Crippen molar-refractivity contribution >= 4 is 54.4 Å². The van der Waals surface area contributed by atoms with E-state index >= 15 is 0 Å². The Morgan fingerprint density at radius 2 is 1.94 bits per heavy atom. The number of thiophene rings is 1. The van der Waals surface area contributed by atoms with Gasteiger partial charge in [0.15, 0.2) is 0 Å². The maximum absolute atomic E-state index is 13.9. The lowest BCUT2D eigenvalue weighted by atomic mass is 9.93. The highest BCUT2D eigenvalue weighted by Gasteiger charge is 2.23. The highest BCUT2D eigenvalue weighted by atomic mass is 35.5. The van der Waals surface area contributed by atoms with Gasteiger partial charge in [-0.2, -0.15) is 0 Å². The van der Waals surface area contributed by atoms with Gasteiger partial charge in [0.05, 0.1) is 5.71 Å². The van der Waals surface area contributed by atoms with Crippen LogP contribution in [0, 0.1) is 12.7 Å². The molecule has 0 amide bonds. The SMILES string of the molecule is Cc1c(S(=O)(=O)Nc2cccc(C3=NCCc4ccc(F)cc43)c2)sc2ccc(Cl)cc12. The van der Waals surface area contributed by atoms with E-state index in [4.69, 9.17) is 11.6 Å². The summed E-state index contributed by atoms with van der Waals surface area (Å²) in [6.45, 7) is 2.38. The van der Waals surface area contributed by atoms with Gasteiger partial charge in [0.25, 0.3) is 10.0 Å². The summed E-state index contributed by atoms with van der Waals surface area (Å²) in [5, 5.41) is 1.39. The molecular formula is C24H18ClFN2O2S2. The van der Waals surface area contributed by atoms with Gasteiger partial charge in [-0.3, -0.25) is 9.71 Å². The molecule has 8 heteroatoms. The van der Waals surface area contributed by atoms with Gasteiger partial charge in [-0.1, -0.05) is 29.8 Å². The van der Waals surface area contributed by atoms with E-state index in [-0.39, 0.29) is 10.0 Å². The van der Waals surface area contributed by atoms with Crippen molar-refractivity contribution in [3.8, 4) is 0 Å². The molecule has 0 spiro atoms. The Kier molecular flexibility index (Phi) is 5.28. The highest BCUT2D eigenvalue weighted by molar-refractivity contribution is 7.94. The Balaban J connectivity index is 1.51. The van der Waals surface area contributed by atoms with Crippen LogP contribution >= 0.6 is 22.9 Å². The van der Waals surface area contributed by atoms with Gasteiger partial charge in [0.2, 0.25) is 0 Å². The predicted octanol–water partition coefficient (Wildman–Crippen LogP) is 6.20. The van der Waals surface area contributed by atoms with Crippen molar-refractivity contribution in [2.75, 3.05) is 11.3 Å². The number of nitrogens with one attached hydrogen (secondary N) is 1. The molecule has 0 fully saturated rings. The Labute approximate surface area is 194 Å². The van der Waals surface area contributed by atoms with Crippen LogP contribution in [0.3, 0.4) is 0 Å². The molecule has 162 valence electrons. The normalized spacial score (nSPS) is 13.7. The fraction of sp³-hybridized carbons (Fsp3) is 0.125. The van der Waals surface area contributed by atoms with Crippen molar-refractivity contribution in [1.82, 2.24) is 0 Å². The third-order valence-corrected chi connectivity index (χ3v) is 8.97. The number of aryl methyl sites for hydroxylation is 1. The van der Waals surface area contributed by atoms with Crippen molar-refractivity contribution in [3.05, 3.63) is 93.8 Å². The molecule has 0 aliphatic carbocycles. The van der Waals surface area contributed by atoms with Gasteiger partial charge in [-0.15, -0.1) is 11.3 Å². The third kappa shape index (κ3) is 3.81. The van der Waals surface area contributed by atoms with Gasteiger partial charge in [0.1, 0.15) is 10.0 Å². The molecule has 1 aliphatic heterocycles. The van der Waals surface area contributed by atoms with Crippen LogP contribution in [-0.2, 0) is 16.4 Å². The maximum Gasteiger partial charge on any atom is 0.271 e. The number of nitrogens with zero attached hydrogens (tertiary/aromatic N) is 1. The maximum atomic E-state index is 13.9. The molecule has 3 aromatic carbocycles.